The number of ether oxygens (including phenoxy) is 2. The lowest BCUT2D eigenvalue weighted by atomic mass is 10.1. The van der Waals surface area contributed by atoms with Crippen molar-refractivity contribution in [2.75, 3.05) is 29.4 Å². The second-order valence-corrected chi connectivity index (χ2v) is 10.5. The van der Waals surface area contributed by atoms with Crippen molar-refractivity contribution < 1.29 is 31.9 Å². The predicted molar refractivity (Wildman–Crippen MR) is 141 cm³/mol. The van der Waals surface area contributed by atoms with E-state index in [1.54, 1.807) is 24.3 Å². The van der Waals surface area contributed by atoms with Gasteiger partial charge in [0.05, 0.1) is 21.8 Å². The summed E-state index contributed by atoms with van der Waals surface area (Å²) in [5, 5.41) is 5.49. The highest BCUT2D eigenvalue weighted by atomic mass is 32.2. The second-order valence-electron chi connectivity index (χ2n) is 8.67. The van der Waals surface area contributed by atoms with Crippen LogP contribution in [0.5, 0.6) is 11.5 Å². The molecule has 0 radical (unpaired) electrons. The summed E-state index contributed by atoms with van der Waals surface area (Å²) in [7, 11) is -4.30. The average molecular weight is 542 g/mol. The Morgan fingerprint density at radius 1 is 1.00 bits per heavy atom. The summed E-state index contributed by atoms with van der Waals surface area (Å²) in [5.41, 5.74) is 0.553. The monoisotopic (exact) mass is 541 g/mol. The number of anilines is 2. The summed E-state index contributed by atoms with van der Waals surface area (Å²) in [5.74, 6) is -0.944. The van der Waals surface area contributed by atoms with Crippen LogP contribution in [0, 0.1) is 5.82 Å². The minimum Gasteiger partial charge on any atom is -0.486 e. The second kappa shape index (κ2) is 11.5. The van der Waals surface area contributed by atoms with E-state index in [2.05, 4.69) is 10.6 Å². The van der Waals surface area contributed by atoms with Gasteiger partial charge in [0.25, 0.3) is 15.9 Å². The number of para-hydroxylation sites is 1. The van der Waals surface area contributed by atoms with Crippen molar-refractivity contribution in [3.05, 3.63) is 78.1 Å². The van der Waals surface area contributed by atoms with Gasteiger partial charge < -0.3 is 20.1 Å². The number of carbonyl (C=O) groups is 2. The molecule has 3 aromatic rings. The molecule has 3 aromatic carbocycles. The van der Waals surface area contributed by atoms with Crippen LogP contribution in [0.3, 0.4) is 0 Å². The molecule has 1 aliphatic heterocycles. The molecule has 0 saturated carbocycles. The molecular formula is C27H28FN3O6S. The number of benzene rings is 3. The predicted octanol–water partition coefficient (Wildman–Crippen LogP) is 3.96. The zero-order valence-electron chi connectivity index (χ0n) is 20.9. The van der Waals surface area contributed by atoms with Crippen molar-refractivity contribution in [3.8, 4) is 11.5 Å². The standard InChI is InChI=1S/C27H28FN3O6S/c1-3-18(2)29-27(33)22-6-4-5-7-23(22)30-26(32)17-31(20-10-8-19(28)9-11-20)38(34,35)21-12-13-24-25(16-21)37-15-14-36-24/h4-13,16,18H,3,14-15,17H2,1-2H3,(H,29,33)(H,30,32)/t18-/m1/s1. The molecular weight excluding hydrogens is 513 g/mol. The molecule has 2 amide bonds. The molecule has 1 heterocycles. The fourth-order valence-corrected chi connectivity index (χ4v) is 5.18. The van der Waals surface area contributed by atoms with Gasteiger partial charge in [-0.15, -0.1) is 0 Å². The number of nitrogens with one attached hydrogen (secondary N) is 2. The number of nitrogens with zero attached hydrogens (tertiary/aromatic N) is 1. The van der Waals surface area contributed by atoms with Crippen LogP contribution >= 0.6 is 0 Å². The molecule has 4 rings (SSSR count). The number of hydrogen-bond donors (Lipinski definition) is 2. The van der Waals surface area contributed by atoms with Crippen LogP contribution in [0.1, 0.15) is 30.6 Å². The van der Waals surface area contributed by atoms with E-state index in [0.717, 1.165) is 22.9 Å². The molecule has 0 aromatic heterocycles. The molecule has 1 atom stereocenters. The SMILES string of the molecule is CC[C@@H](C)NC(=O)c1ccccc1NC(=O)CN(c1ccc(F)cc1)S(=O)(=O)c1ccc2c(c1)OCCO2. The minimum atomic E-state index is -4.30. The van der Waals surface area contributed by atoms with Crippen molar-refractivity contribution >= 4 is 33.2 Å². The molecule has 38 heavy (non-hydrogen) atoms. The Labute approximate surface area is 220 Å². The average Bonchev–Trinajstić information content (AvgIpc) is 2.92. The number of fused-ring (bicyclic) bond motifs is 1. The number of carbonyl (C=O) groups excluding carboxylic acids is 2. The number of rotatable bonds is 9. The maximum absolute atomic E-state index is 13.7. The summed E-state index contributed by atoms with van der Waals surface area (Å²) < 4.78 is 52.9. The molecule has 11 heteroatoms. The first-order chi connectivity index (χ1) is 18.2. The lowest BCUT2D eigenvalue weighted by Gasteiger charge is -2.25. The van der Waals surface area contributed by atoms with Crippen LogP contribution < -0.4 is 24.4 Å². The summed E-state index contributed by atoms with van der Waals surface area (Å²) in [6, 6.07) is 15.3. The van der Waals surface area contributed by atoms with Gasteiger partial charge in [0, 0.05) is 12.1 Å². The number of hydrogen-bond acceptors (Lipinski definition) is 6. The molecule has 0 saturated heterocycles. The maximum atomic E-state index is 13.7. The third-order valence-electron chi connectivity index (χ3n) is 5.94. The Kier molecular flexibility index (Phi) is 8.16. The quantitative estimate of drug-likeness (QED) is 0.424. The highest BCUT2D eigenvalue weighted by Gasteiger charge is 2.29. The summed E-state index contributed by atoms with van der Waals surface area (Å²) in [4.78, 5) is 25.8. The van der Waals surface area contributed by atoms with Crippen molar-refractivity contribution in [3.63, 3.8) is 0 Å². The molecule has 9 nitrogen and oxygen atoms in total. The van der Waals surface area contributed by atoms with Crippen LogP contribution in [0.2, 0.25) is 0 Å². The topological polar surface area (TPSA) is 114 Å². The maximum Gasteiger partial charge on any atom is 0.264 e. The zero-order chi connectivity index (χ0) is 27.3. The van der Waals surface area contributed by atoms with Crippen molar-refractivity contribution in [1.82, 2.24) is 5.32 Å². The van der Waals surface area contributed by atoms with E-state index < -0.39 is 28.3 Å². The van der Waals surface area contributed by atoms with Crippen molar-refractivity contribution in [1.29, 1.82) is 0 Å². The fourth-order valence-electron chi connectivity index (χ4n) is 3.75. The summed E-state index contributed by atoms with van der Waals surface area (Å²) in [6.45, 7) is 3.78. The van der Waals surface area contributed by atoms with E-state index in [0.29, 0.717) is 12.4 Å². The molecule has 0 fully saturated rings. The van der Waals surface area contributed by atoms with E-state index >= 15 is 0 Å². The Morgan fingerprint density at radius 2 is 1.68 bits per heavy atom. The van der Waals surface area contributed by atoms with Gasteiger partial charge >= 0.3 is 0 Å². The van der Waals surface area contributed by atoms with Gasteiger partial charge in [-0.25, -0.2) is 12.8 Å². The van der Waals surface area contributed by atoms with Gasteiger partial charge in [-0.1, -0.05) is 19.1 Å². The van der Waals surface area contributed by atoms with Gasteiger partial charge in [0.15, 0.2) is 11.5 Å². The molecule has 1 aliphatic rings. The van der Waals surface area contributed by atoms with E-state index in [4.69, 9.17) is 9.47 Å². The van der Waals surface area contributed by atoms with E-state index in [1.807, 2.05) is 13.8 Å². The van der Waals surface area contributed by atoms with Crippen molar-refractivity contribution in [2.45, 2.75) is 31.2 Å². The molecule has 2 N–H and O–H groups in total. The van der Waals surface area contributed by atoms with E-state index in [1.165, 1.54) is 30.3 Å². The van der Waals surface area contributed by atoms with Gasteiger partial charge in [-0.3, -0.25) is 13.9 Å². The Hall–Kier alpha value is -4.12. The lowest BCUT2D eigenvalue weighted by molar-refractivity contribution is -0.114. The molecule has 200 valence electrons. The van der Waals surface area contributed by atoms with Crippen LogP contribution in [-0.2, 0) is 14.8 Å². The third-order valence-corrected chi connectivity index (χ3v) is 7.71. The van der Waals surface area contributed by atoms with Crippen LogP contribution in [0.25, 0.3) is 0 Å². The van der Waals surface area contributed by atoms with Gasteiger partial charge in [-0.2, -0.15) is 0 Å². The minimum absolute atomic E-state index is 0.0728. The first-order valence-corrected chi connectivity index (χ1v) is 13.5. The summed E-state index contributed by atoms with van der Waals surface area (Å²) in [6.07, 6.45) is 0.727. The number of amides is 2. The zero-order valence-corrected chi connectivity index (χ0v) is 21.8. The normalized spacial score (nSPS) is 13.3. The van der Waals surface area contributed by atoms with Crippen LogP contribution in [0.15, 0.2) is 71.6 Å². The van der Waals surface area contributed by atoms with Gasteiger partial charge in [-0.05, 0) is 61.9 Å². The van der Waals surface area contributed by atoms with Crippen LogP contribution in [0.4, 0.5) is 15.8 Å². The van der Waals surface area contributed by atoms with Gasteiger partial charge in [0.2, 0.25) is 5.91 Å². The van der Waals surface area contributed by atoms with E-state index in [-0.39, 0.29) is 46.1 Å². The Morgan fingerprint density at radius 3 is 2.39 bits per heavy atom. The lowest BCUT2D eigenvalue weighted by Crippen LogP contribution is -2.38. The number of sulfonamides is 1. The Bertz CT molecular complexity index is 1430. The molecule has 0 bridgehead atoms. The molecule has 0 aliphatic carbocycles. The van der Waals surface area contributed by atoms with E-state index in [9.17, 15) is 22.4 Å². The Balaban J connectivity index is 1.63. The highest BCUT2D eigenvalue weighted by Crippen LogP contribution is 2.34. The first kappa shape index (κ1) is 26.9. The number of halogens is 1. The third kappa shape index (κ3) is 6.05. The molecule has 0 unspecified atom stereocenters. The van der Waals surface area contributed by atoms with Gasteiger partial charge in [0.1, 0.15) is 25.6 Å². The fraction of sp³-hybridized carbons (Fsp3) is 0.259. The van der Waals surface area contributed by atoms with Crippen molar-refractivity contribution in [2.24, 2.45) is 0 Å². The largest absolute Gasteiger partial charge is 0.486 e. The molecule has 0 spiro atoms. The highest BCUT2D eigenvalue weighted by molar-refractivity contribution is 7.92. The van der Waals surface area contributed by atoms with Crippen LogP contribution in [-0.4, -0.2) is 46.0 Å². The smallest absolute Gasteiger partial charge is 0.264 e. The first-order valence-electron chi connectivity index (χ1n) is 12.1. The summed E-state index contributed by atoms with van der Waals surface area (Å²) >= 11 is 0.